The summed E-state index contributed by atoms with van der Waals surface area (Å²) in [6, 6.07) is 7.61. The standard InChI is InChI=1S/C18H24N4O3/c1-2-15-21-16(25-22-15)14-6-4-13(5-7-14)8-11-19-17(23)20-12-18(24)9-3-10-18/h4-7,24H,2-3,8-12H2,1H3,(H2,19,20,23). The SMILES string of the molecule is CCc1noc(-c2ccc(CCNC(=O)NCC3(O)CCC3)cc2)n1. The van der Waals surface area contributed by atoms with Crippen LogP contribution in [0, 0.1) is 0 Å². The third-order valence-corrected chi connectivity index (χ3v) is 4.55. The van der Waals surface area contributed by atoms with E-state index in [4.69, 9.17) is 4.52 Å². The summed E-state index contributed by atoms with van der Waals surface area (Å²) in [4.78, 5) is 16.0. The minimum Gasteiger partial charge on any atom is -0.388 e. The van der Waals surface area contributed by atoms with E-state index in [1.807, 2.05) is 31.2 Å². The number of urea groups is 1. The van der Waals surface area contributed by atoms with Crippen LogP contribution in [0.5, 0.6) is 0 Å². The molecule has 0 radical (unpaired) electrons. The fraction of sp³-hybridized carbons (Fsp3) is 0.500. The maximum absolute atomic E-state index is 11.7. The van der Waals surface area contributed by atoms with Gasteiger partial charge in [0.25, 0.3) is 5.89 Å². The molecule has 3 N–H and O–H groups in total. The van der Waals surface area contributed by atoms with Crippen molar-refractivity contribution in [2.75, 3.05) is 13.1 Å². The van der Waals surface area contributed by atoms with Crippen LogP contribution in [0.15, 0.2) is 28.8 Å². The van der Waals surface area contributed by atoms with Gasteiger partial charge in [0, 0.05) is 25.1 Å². The number of aryl methyl sites for hydroxylation is 1. The molecular weight excluding hydrogens is 320 g/mol. The van der Waals surface area contributed by atoms with Crippen molar-refractivity contribution in [1.29, 1.82) is 0 Å². The third-order valence-electron chi connectivity index (χ3n) is 4.55. The van der Waals surface area contributed by atoms with E-state index in [1.165, 1.54) is 0 Å². The lowest BCUT2D eigenvalue weighted by molar-refractivity contribution is -0.0290. The number of hydrogen-bond donors (Lipinski definition) is 3. The molecule has 0 bridgehead atoms. The first-order chi connectivity index (χ1) is 12.1. The number of amides is 2. The van der Waals surface area contributed by atoms with Gasteiger partial charge in [0.1, 0.15) is 0 Å². The molecule has 3 rings (SSSR count). The maximum atomic E-state index is 11.7. The zero-order valence-corrected chi connectivity index (χ0v) is 14.4. The highest BCUT2D eigenvalue weighted by Crippen LogP contribution is 2.30. The summed E-state index contributed by atoms with van der Waals surface area (Å²) in [6.07, 6.45) is 4.02. The number of aromatic nitrogens is 2. The molecule has 134 valence electrons. The normalized spacial score (nSPS) is 15.4. The molecule has 7 nitrogen and oxygen atoms in total. The van der Waals surface area contributed by atoms with Crippen molar-refractivity contribution in [2.45, 2.75) is 44.6 Å². The molecule has 1 heterocycles. The third kappa shape index (κ3) is 4.57. The van der Waals surface area contributed by atoms with Gasteiger partial charge in [-0.2, -0.15) is 4.98 Å². The summed E-state index contributed by atoms with van der Waals surface area (Å²) in [7, 11) is 0. The second-order valence-corrected chi connectivity index (χ2v) is 6.50. The van der Waals surface area contributed by atoms with Crippen LogP contribution in [-0.2, 0) is 12.8 Å². The first kappa shape index (κ1) is 17.4. The molecule has 1 fully saturated rings. The highest BCUT2D eigenvalue weighted by atomic mass is 16.5. The van der Waals surface area contributed by atoms with Gasteiger partial charge in [-0.25, -0.2) is 4.79 Å². The van der Waals surface area contributed by atoms with Gasteiger partial charge in [0.2, 0.25) is 0 Å². The summed E-state index contributed by atoms with van der Waals surface area (Å²) in [5.41, 5.74) is 1.30. The van der Waals surface area contributed by atoms with Gasteiger partial charge in [0.15, 0.2) is 5.82 Å². The van der Waals surface area contributed by atoms with Crippen LogP contribution in [0.25, 0.3) is 11.5 Å². The quantitative estimate of drug-likeness (QED) is 0.714. The van der Waals surface area contributed by atoms with Crippen LogP contribution in [0.4, 0.5) is 4.79 Å². The smallest absolute Gasteiger partial charge is 0.314 e. The van der Waals surface area contributed by atoms with Gasteiger partial charge in [-0.1, -0.05) is 24.2 Å². The first-order valence-electron chi connectivity index (χ1n) is 8.74. The lowest BCUT2D eigenvalue weighted by Crippen LogP contribution is -2.50. The van der Waals surface area contributed by atoms with Crippen LogP contribution in [0.2, 0.25) is 0 Å². The van der Waals surface area contributed by atoms with Crippen LogP contribution in [0.3, 0.4) is 0 Å². The molecular formula is C18H24N4O3. The molecule has 0 saturated heterocycles. The molecule has 0 spiro atoms. The molecule has 0 unspecified atom stereocenters. The summed E-state index contributed by atoms with van der Waals surface area (Å²) in [6.45, 7) is 2.83. The van der Waals surface area contributed by atoms with E-state index < -0.39 is 5.60 Å². The van der Waals surface area contributed by atoms with Crippen LogP contribution in [-0.4, -0.2) is 40.0 Å². The molecule has 7 heteroatoms. The van der Waals surface area contributed by atoms with Gasteiger partial charge in [0.05, 0.1) is 5.60 Å². The van der Waals surface area contributed by atoms with Crippen molar-refractivity contribution < 1.29 is 14.4 Å². The molecule has 2 aromatic rings. The molecule has 1 aliphatic carbocycles. The van der Waals surface area contributed by atoms with Gasteiger partial charge in [-0.05, 0) is 43.4 Å². The average molecular weight is 344 g/mol. The van der Waals surface area contributed by atoms with E-state index in [-0.39, 0.29) is 6.03 Å². The Morgan fingerprint density at radius 1 is 1.28 bits per heavy atom. The van der Waals surface area contributed by atoms with Crippen molar-refractivity contribution in [2.24, 2.45) is 0 Å². The summed E-state index contributed by atoms with van der Waals surface area (Å²) >= 11 is 0. The molecule has 1 aromatic carbocycles. The summed E-state index contributed by atoms with van der Waals surface area (Å²) < 4.78 is 5.22. The molecule has 0 atom stereocenters. The molecule has 0 aliphatic heterocycles. The van der Waals surface area contributed by atoms with E-state index in [0.717, 1.165) is 43.2 Å². The minimum absolute atomic E-state index is 0.241. The Morgan fingerprint density at radius 3 is 2.64 bits per heavy atom. The van der Waals surface area contributed by atoms with Crippen LogP contribution >= 0.6 is 0 Å². The Morgan fingerprint density at radius 2 is 2.04 bits per heavy atom. The Balaban J connectivity index is 1.41. The summed E-state index contributed by atoms with van der Waals surface area (Å²) in [5, 5.41) is 19.4. The Labute approximate surface area is 146 Å². The highest BCUT2D eigenvalue weighted by molar-refractivity contribution is 5.73. The minimum atomic E-state index is -0.695. The van der Waals surface area contributed by atoms with Crippen LogP contribution < -0.4 is 10.6 Å². The molecule has 1 aromatic heterocycles. The van der Waals surface area contributed by atoms with Crippen molar-refractivity contribution in [1.82, 2.24) is 20.8 Å². The predicted octanol–water partition coefficient (Wildman–Crippen LogP) is 2.06. The Bertz CT molecular complexity index is 707. The predicted molar refractivity (Wildman–Crippen MR) is 93.0 cm³/mol. The number of nitrogens with zero attached hydrogens (tertiary/aromatic N) is 2. The fourth-order valence-electron chi connectivity index (χ4n) is 2.72. The van der Waals surface area contributed by atoms with E-state index >= 15 is 0 Å². The van der Waals surface area contributed by atoms with E-state index in [0.29, 0.717) is 24.8 Å². The van der Waals surface area contributed by atoms with Crippen molar-refractivity contribution >= 4 is 6.03 Å². The Hall–Kier alpha value is -2.41. The number of aliphatic hydroxyl groups is 1. The van der Waals surface area contributed by atoms with Gasteiger partial charge < -0.3 is 20.3 Å². The van der Waals surface area contributed by atoms with Gasteiger partial charge in [-0.15, -0.1) is 0 Å². The van der Waals surface area contributed by atoms with Crippen molar-refractivity contribution in [3.05, 3.63) is 35.7 Å². The first-order valence-corrected chi connectivity index (χ1v) is 8.74. The second kappa shape index (κ2) is 7.65. The molecule has 1 aliphatic rings. The fourth-order valence-corrected chi connectivity index (χ4v) is 2.72. The molecule has 2 amide bonds. The Kier molecular flexibility index (Phi) is 5.33. The van der Waals surface area contributed by atoms with Gasteiger partial charge in [-0.3, -0.25) is 0 Å². The number of benzene rings is 1. The lowest BCUT2D eigenvalue weighted by Gasteiger charge is -2.36. The zero-order chi connectivity index (χ0) is 17.7. The van der Waals surface area contributed by atoms with E-state index in [9.17, 15) is 9.90 Å². The number of carbonyl (C=O) groups excluding carboxylic acids is 1. The largest absolute Gasteiger partial charge is 0.388 e. The van der Waals surface area contributed by atoms with Gasteiger partial charge >= 0.3 is 6.03 Å². The monoisotopic (exact) mass is 344 g/mol. The summed E-state index contributed by atoms with van der Waals surface area (Å²) in [5.74, 6) is 1.22. The molecule has 1 saturated carbocycles. The van der Waals surface area contributed by atoms with Crippen molar-refractivity contribution in [3.63, 3.8) is 0 Å². The molecule has 25 heavy (non-hydrogen) atoms. The zero-order valence-electron chi connectivity index (χ0n) is 14.4. The lowest BCUT2D eigenvalue weighted by atomic mass is 9.80. The number of hydrogen-bond acceptors (Lipinski definition) is 5. The average Bonchev–Trinajstić information content (AvgIpc) is 3.08. The number of nitrogens with one attached hydrogen (secondary N) is 2. The number of carbonyl (C=O) groups is 1. The van der Waals surface area contributed by atoms with E-state index in [2.05, 4.69) is 20.8 Å². The van der Waals surface area contributed by atoms with Crippen LogP contribution in [0.1, 0.15) is 37.6 Å². The number of rotatable bonds is 7. The second-order valence-electron chi connectivity index (χ2n) is 6.50. The highest BCUT2D eigenvalue weighted by Gasteiger charge is 2.34. The topological polar surface area (TPSA) is 100 Å². The van der Waals surface area contributed by atoms with E-state index in [1.54, 1.807) is 0 Å². The maximum Gasteiger partial charge on any atom is 0.314 e. The van der Waals surface area contributed by atoms with Crippen molar-refractivity contribution in [3.8, 4) is 11.5 Å².